The number of rotatable bonds is 4. The Morgan fingerprint density at radius 3 is 1.75 bits per heavy atom. The van der Waals surface area contributed by atoms with Crippen molar-refractivity contribution in [2.75, 3.05) is 13.2 Å². The van der Waals surface area contributed by atoms with Gasteiger partial charge in [0.25, 0.3) is 0 Å². The van der Waals surface area contributed by atoms with Crippen molar-refractivity contribution in [3.8, 4) is 0 Å². The summed E-state index contributed by atoms with van der Waals surface area (Å²) in [5, 5.41) is 0. The fourth-order valence-corrected chi connectivity index (χ4v) is 0.497. The van der Waals surface area contributed by atoms with Crippen molar-refractivity contribution in [1.82, 2.24) is 0 Å². The molecule has 6 heteroatoms. The molecule has 0 bridgehead atoms. The van der Waals surface area contributed by atoms with Gasteiger partial charge in [0.05, 0.1) is 13.2 Å². The molecule has 0 rings (SSSR count). The van der Waals surface area contributed by atoms with E-state index < -0.39 is 12.2 Å². The summed E-state index contributed by atoms with van der Waals surface area (Å²) >= 11 is 0. The summed E-state index contributed by atoms with van der Waals surface area (Å²) in [6.45, 7) is 1.96. The van der Waals surface area contributed by atoms with Crippen LogP contribution in [-0.4, -0.2) is 25.4 Å². The lowest BCUT2D eigenvalue weighted by molar-refractivity contribution is 0.0999. The topological polar surface area (TPSA) is 105 Å². The fourth-order valence-electron chi connectivity index (χ4n) is 0.497. The third-order valence-corrected chi connectivity index (χ3v) is 1.02. The summed E-state index contributed by atoms with van der Waals surface area (Å²) in [6.07, 6.45) is -1.69. The quantitative estimate of drug-likeness (QED) is 0.619. The third-order valence-electron chi connectivity index (χ3n) is 1.02. The van der Waals surface area contributed by atoms with Crippen molar-refractivity contribution >= 4 is 12.2 Å². The predicted molar refractivity (Wildman–Crippen MR) is 40.2 cm³/mol. The van der Waals surface area contributed by atoms with Gasteiger partial charge in [-0.2, -0.15) is 0 Å². The Bertz CT molecular complexity index is 153. The zero-order valence-corrected chi connectivity index (χ0v) is 6.78. The van der Waals surface area contributed by atoms with E-state index in [2.05, 4.69) is 9.47 Å². The monoisotopic (exact) mass is 176 g/mol. The van der Waals surface area contributed by atoms with Crippen molar-refractivity contribution < 1.29 is 19.1 Å². The van der Waals surface area contributed by atoms with Crippen LogP contribution in [0.4, 0.5) is 9.59 Å². The Hall–Kier alpha value is -1.46. The molecule has 0 aromatic heterocycles. The summed E-state index contributed by atoms with van der Waals surface area (Å²) in [5.41, 5.74) is 9.41. The molecule has 0 aliphatic carbocycles. The average Bonchev–Trinajstić information content (AvgIpc) is 1.96. The highest BCUT2D eigenvalue weighted by molar-refractivity contribution is 5.65. The standard InChI is InChI=1S/C6H12N2O4/c1-4(2-11-5(7)9)3-12-6(8)10/h4H,2-3H2,1H3,(H2,7,9)(H2,8,10). The molecule has 0 heterocycles. The first kappa shape index (κ1) is 10.5. The summed E-state index contributed by atoms with van der Waals surface area (Å²) in [6, 6.07) is 0. The molecule has 0 aromatic rings. The van der Waals surface area contributed by atoms with E-state index in [1.165, 1.54) is 0 Å². The molecule has 0 aromatic carbocycles. The molecule has 0 aliphatic heterocycles. The molecule has 70 valence electrons. The lowest BCUT2D eigenvalue weighted by Gasteiger charge is -2.09. The highest BCUT2D eigenvalue weighted by Crippen LogP contribution is 1.96. The summed E-state index contributed by atoms with van der Waals surface area (Å²) in [5.74, 6) is -0.106. The Kier molecular flexibility index (Phi) is 4.59. The number of amides is 2. The van der Waals surface area contributed by atoms with Gasteiger partial charge < -0.3 is 20.9 Å². The molecule has 6 nitrogen and oxygen atoms in total. The van der Waals surface area contributed by atoms with Crippen molar-refractivity contribution in [1.29, 1.82) is 0 Å². The average molecular weight is 176 g/mol. The Balaban J connectivity index is 3.39. The van der Waals surface area contributed by atoms with Crippen LogP contribution < -0.4 is 11.5 Å². The fraction of sp³-hybridized carbons (Fsp3) is 0.667. The Morgan fingerprint density at radius 2 is 1.50 bits per heavy atom. The van der Waals surface area contributed by atoms with Crippen molar-refractivity contribution in [2.24, 2.45) is 17.4 Å². The summed E-state index contributed by atoms with van der Waals surface area (Å²) in [7, 11) is 0. The number of carbonyl (C=O) groups is 2. The highest BCUT2D eigenvalue weighted by atomic mass is 16.6. The molecule has 0 saturated carbocycles. The van der Waals surface area contributed by atoms with Crippen LogP contribution in [0.15, 0.2) is 0 Å². The van der Waals surface area contributed by atoms with Crippen LogP contribution in [0.25, 0.3) is 0 Å². The van der Waals surface area contributed by atoms with Gasteiger partial charge in [-0.05, 0) is 0 Å². The second kappa shape index (κ2) is 5.22. The van der Waals surface area contributed by atoms with E-state index in [-0.39, 0.29) is 19.1 Å². The normalized spacial score (nSPS) is 9.50. The smallest absolute Gasteiger partial charge is 0.404 e. The molecule has 0 spiro atoms. The molecule has 0 saturated heterocycles. The number of primary amides is 2. The van der Waals surface area contributed by atoms with Gasteiger partial charge in [-0.15, -0.1) is 0 Å². The van der Waals surface area contributed by atoms with Crippen LogP contribution in [0.3, 0.4) is 0 Å². The van der Waals surface area contributed by atoms with Crippen LogP contribution in [0.5, 0.6) is 0 Å². The van der Waals surface area contributed by atoms with Gasteiger partial charge in [-0.3, -0.25) is 0 Å². The molecule has 2 amide bonds. The van der Waals surface area contributed by atoms with Gasteiger partial charge in [-0.1, -0.05) is 6.92 Å². The minimum Gasteiger partial charge on any atom is -0.449 e. The lowest BCUT2D eigenvalue weighted by atomic mass is 10.2. The van der Waals surface area contributed by atoms with Crippen LogP contribution in [0.1, 0.15) is 6.92 Å². The number of hydrogen-bond donors (Lipinski definition) is 2. The summed E-state index contributed by atoms with van der Waals surface area (Å²) < 4.78 is 8.89. The van der Waals surface area contributed by atoms with E-state index in [0.717, 1.165) is 0 Å². The number of ether oxygens (including phenoxy) is 2. The maximum atomic E-state index is 10.1. The van der Waals surface area contributed by atoms with Crippen LogP contribution in [-0.2, 0) is 9.47 Å². The first-order chi connectivity index (χ1) is 5.52. The van der Waals surface area contributed by atoms with E-state index in [1.807, 2.05) is 0 Å². The molecule has 0 atom stereocenters. The Labute approximate surface area is 69.8 Å². The number of hydrogen-bond acceptors (Lipinski definition) is 4. The van der Waals surface area contributed by atoms with Gasteiger partial charge in [0.1, 0.15) is 0 Å². The Morgan fingerprint density at radius 1 is 1.17 bits per heavy atom. The number of nitrogens with two attached hydrogens (primary N) is 2. The van der Waals surface area contributed by atoms with Crippen LogP contribution >= 0.6 is 0 Å². The predicted octanol–water partition coefficient (Wildman–Crippen LogP) is -0.187. The number of carbonyl (C=O) groups excluding carboxylic acids is 2. The zero-order chi connectivity index (χ0) is 9.56. The first-order valence-electron chi connectivity index (χ1n) is 3.37. The van der Waals surface area contributed by atoms with Crippen LogP contribution in [0, 0.1) is 5.92 Å². The van der Waals surface area contributed by atoms with Crippen molar-refractivity contribution in [3.05, 3.63) is 0 Å². The molecule has 0 unspecified atom stereocenters. The second-order valence-corrected chi connectivity index (χ2v) is 2.37. The van der Waals surface area contributed by atoms with E-state index in [1.54, 1.807) is 6.92 Å². The van der Waals surface area contributed by atoms with Gasteiger partial charge in [0, 0.05) is 5.92 Å². The van der Waals surface area contributed by atoms with Gasteiger partial charge in [-0.25, -0.2) is 9.59 Å². The third kappa shape index (κ3) is 6.66. The first-order valence-corrected chi connectivity index (χ1v) is 3.37. The van der Waals surface area contributed by atoms with Gasteiger partial charge in [0.15, 0.2) is 0 Å². The molecule has 0 fully saturated rings. The maximum Gasteiger partial charge on any atom is 0.404 e. The van der Waals surface area contributed by atoms with Crippen molar-refractivity contribution in [3.63, 3.8) is 0 Å². The molecule has 0 radical (unpaired) electrons. The van der Waals surface area contributed by atoms with Crippen LogP contribution in [0.2, 0.25) is 0 Å². The largest absolute Gasteiger partial charge is 0.449 e. The maximum absolute atomic E-state index is 10.1. The van der Waals surface area contributed by atoms with Gasteiger partial charge in [0.2, 0.25) is 0 Å². The summed E-state index contributed by atoms with van der Waals surface area (Å²) in [4.78, 5) is 20.2. The minimum absolute atomic E-state index is 0.106. The zero-order valence-electron chi connectivity index (χ0n) is 6.78. The van der Waals surface area contributed by atoms with Crippen molar-refractivity contribution in [2.45, 2.75) is 6.92 Å². The molecule has 0 aliphatic rings. The highest BCUT2D eigenvalue weighted by Gasteiger charge is 2.06. The van der Waals surface area contributed by atoms with E-state index in [0.29, 0.717) is 0 Å². The SMILES string of the molecule is CC(COC(N)=O)COC(N)=O. The van der Waals surface area contributed by atoms with Gasteiger partial charge >= 0.3 is 12.2 Å². The lowest BCUT2D eigenvalue weighted by Crippen LogP contribution is -2.23. The molecule has 12 heavy (non-hydrogen) atoms. The second-order valence-electron chi connectivity index (χ2n) is 2.37. The molecule has 4 N–H and O–H groups in total. The molecular formula is C6H12N2O4. The van der Waals surface area contributed by atoms with E-state index in [4.69, 9.17) is 11.5 Å². The van der Waals surface area contributed by atoms with E-state index >= 15 is 0 Å². The molecular weight excluding hydrogens is 164 g/mol. The van der Waals surface area contributed by atoms with E-state index in [9.17, 15) is 9.59 Å². The minimum atomic E-state index is -0.846.